The van der Waals surface area contributed by atoms with Crippen LogP contribution < -0.4 is 10.5 Å². The van der Waals surface area contributed by atoms with Gasteiger partial charge >= 0.3 is 7.12 Å². The van der Waals surface area contributed by atoms with Crippen LogP contribution in [0.3, 0.4) is 0 Å². The summed E-state index contributed by atoms with van der Waals surface area (Å²) in [6.07, 6.45) is 3.43. The number of hydrogen-bond donors (Lipinski definition) is 1. The molecule has 2 N–H and O–H groups in total. The summed E-state index contributed by atoms with van der Waals surface area (Å²) in [7, 11) is 1.19. The van der Waals surface area contributed by atoms with Crippen LogP contribution in [0.1, 0.15) is 33.3 Å². The zero-order valence-corrected chi connectivity index (χ0v) is 12.6. The van der Waals surface area contributed by atoms with Gasteiger partial charge < -0.3 is 19.8 Å². The van der Waals surface area contributed by atoms with Crippen molar-refractivity contribution in [3.8, 4) is 5.75 Å². The van der Waals surface area contributed by atoms with E-state index < -0.39 is 7.12 Å². The molecule has 0 saturated carbocycles. The van der Waals surface area contributed by atoms with Crippen LogP contribution in [0.5, 0.6) is 5.75 Å². The van der Waals surface area contributed by atoms with E-state index in [0.717, 1.165) is 5.56 Å². The van der Waals surface area contributed by atoms with Gasteiger partial charge in [-0.05, 0) is 33.8 Å². The Morgan fingerprint density at radius 3 is 2.40 bits per heavy atom. The Bertz CT molecular complexity index is 513. The Hall–Kier alpha value is -1.53. The van der Waals surface area contributed by atoms with Crippen molar-refractivity contribution in [1.82, 2.24) is 4.98 Å². The van der Waals surface area contributed by atoms with Crippen molar-refractivity contribution in [3.05, 3.63) is 23.8 Å². The van der Waals surface area contributed by atoms with Crippen molar-refractivity contribution in [3.63, 3.8) is 0 Å². The van der Waals surface area contributed by atoms with Crippen LogP contribution >= 0.6 is 0 Å². The lowest BCUT2D eigenvalue weighted by Gasteiger charge is -2.32. The standard InChI is InChI=1S/C14H21BN2O3/c1-13(2)14(3,4)20-15(19-13)7-6-10-8-11(18-5)9-17-12(10)16/h6-9H,1-5H3,(H2,16,17)/b7-6+. The molecule has 1 fully saturated rings. The third-order valence-corrected chi connectivity index (χ3v) is 3.86. The molecule has 0 aliphatic carbocycles. The number of hydrogen-bond acceptors (Lipinski definition) is 5. The molecule has 1 aliphatic heterocycles. The van der Waals surface area contributed by atoms with E-state index >= 15 is 0 Å². The molecule has 1 saturated heterocycles. The number of nitrogen functional groups attached to an aromatic ring is 1. The van der Waals surface area contributed by atoms with Gasteiger partial charge in [-0.3, -0.25) is 0 Å². The normalized spacial score (nSPS) is 20.6. The van der Waals surface area contributed by atoms with E-state index in [1.54, 1.807) is 13.3 Å². The number of aromatic nitrogens is 1. The number of nitrogens with two attached hydrogens (primary N) is 1. The van der Waals surface area contributed by atoms with Crippen molar-refractivity contribution in [2.75, 3.05) is 12.8 Å². The second kappa shape index (κ2) is 5.11. The summed E-state index contributed by atoms with van der Waals surface area (Å²) >= 11 is 0. The van der Waals surface area contributed by atoms with Gasteiger partial charge in [-0.2, -0.15) is 0 Å². The number of methoxy groups -OCH3 is 1. The molecule has 108 valence electrons. The fourth-order valence-electron chi connectivity index (χ4n) is 1.87. The first-order valence-corrected chi connectivity index (χ1v) is 6.58. The molecule has 0 unspecified atom stereocenters. The van der Waals surface area contributed by atoms with Crippen molar-refractivity contribution in [2.45, 2.75) is 38.9 Å². The Morgan fingerprint density at radius 1 is 1.25 bits per heavy atom. The Balaban J connectivity index is 2.15. The maximum atomic E-state index is 5.88. The molecule has 1 aromatic rings. The van der Waals surface area contributed by atoms with Gasteiger partial charge in [-0.1, -0.05) is 12.1 Å². The van der Waals surface area contributed by atoms with Crippen molar-refractivity contribution < 1.29 is 14.0 Å². The van der Waals surface area contributed by atoms with Crippen molar-refractivity contribution in [2.24, 2.45) is 0 Å². The lowest BCUT2D eigenvalue weighted by Crippen LogP contribution is -2.41. The zero-order valence-electron chi connectivity index (χ0n) is 12.6. The van der Waals surface area contributed by atoms with Crippen LogP contribution in [0.25, 0.3) is 6.08 Å². The minimum absolute atomic E-state index is 0.347. The molecule has 1 aromatic heterocycles. The average molecular weight is 276 g/mol. The largest absolute Gasteiger partial charge is 0.495 e. The average Bonchev–Trinajstić information content (AvgIpc) is 2.57. The Morgan fingerprint density at radius 2 is 1.85 bits per heavy atom. The molecule has 5 nitrogen and oxygen atoms in total. The maximum absolute atomic E-state index is 5.88. The highest BCUT2D eigenvalue weighted by Crippen LogP contribution is 2.37. The van der Waals surface area contributed by atoms with Crippen LogP contribution in [0.15, 0.2) is 18.2 Å². The first-order valence-electron chi connectivity index (χ1n) is 6.58. The first-order chi connectivity index (χ1) is 9.25. The monoisotopic (exact) mass is 276 g/mol. The number of pyridine rings is 1. The van der Waals surface area contributed by atoms with E-state index in [2.05, 4.69) is 4.98 Å². The minimum atomic E-state index is -0.398. The third-order valence-electron chi connectivity index (χ3n) is 3.86. The predicted molar refractivity (Wildman–Crippen MR) is 80.3 cm³/mol. The number of ether oxygens (including phenoxy) is 1. The highest BCUT2D eigenvalue weighted by Gasteiger charge is 2.49. The minimum Gasteiger partial charge on any atom is -0.495 e. The summed E-state index contributed by atoms with van der Waals surface area (Å²) in [4.78, 5) is 4.07. The maximum Gasteiger partial charge on any atom is 0.487 e. The quantitative estimate of drug-likeness (QED) is 0.858. The molecule has 0 aromatic carbocycles. The highest BCUT2D eigenvalue weighted by molar-refractivity contribution is 6.52. The van der Waals surface area contributed by atoms with Gasteiger partial charge in [0.1, 0.15) is 11.6 Å². The smallest absolute Gasteiger partial charge is 0.487 e. The second-order valence-electron chi connectivity index (χ2n) is 5.83. The molecule has 2 heterocycles. The van der Waals surface area contributed by atoms with Crippen LogP contribution in [-0.2, 0) is 9.31 Å². The molecule has 0 atom stereocenters. The number of anilines is 1. The van der Waals surface area contributed by atoms with E-state index in [1.165, 1.54) is 0 Å². The molecule has 1 aliphatic rings. The number of rotatable bonds is 3. The van der Waals surface area contributed by atoms with Crippen LogP contribution in [0.4, 0.5) is 5.82 Å². The molecular weight excluding hydrogens is 255 g/mol. The SMILES string of the molecule is COc1cnc(N)c(/C=C/B2OC(C)(C)C(C)(C)O2)c1. The topological polar surface area (TPSA) is 66.6 Å². The molecule has 2 rings (SSSR count). The van der Waals surface area contributed by atoms with Gasteiger partial charge in [0, 0.05) is 5.56 Å². The summed E-state index contributed by atoms with van der Waals surface area (Å²) in [6.45, 7) is 8.06. The summed E-state index contributed by atoms with van der Waals surface area (Å²) in [5, 5.41) is 0. The Labute approximate surface area is 120 Å². The molecule has 0 amide bonds. The lowest BCUT2D eigenvalue weighted by molar-refractivity contribution is 0.00578. The fraction of sp³-hybridized carbons (Fsp3) is 0.500. The molecule has 0 radical (unpaired) electrons. The highest BCUT2D eigenvalue weighted by atomic mass is 16.7. The van der Waals surface area contributed by atoms with Crippen LogP contribution in [-0.4, -0.2) is 30.4 Å². The van der Waals surface area contributed by atoms with Gasteiger partial charge in [0.15, 0.2) is 0 Å². The van der Waals surface area contributed by atoms with Gasteiger partial charge in [-0.25, -0.2) is 4.98 Å². The van der Waals surface area contributed by atoms with Gasteiger partial charge in [0.2, 0.25) is 0 Å². The molecule has 6 heteroatoms. The van der Waals surface area contributed by atoms with E-state index in [9.17, 15) is 0 Å². The van der Waals surface area contributed by atoms with Gasteiger partial charge in [-0.15, -0.1) is 0 Å². The summed E-state index contributed by atoms with van der Waals surface area (Å²) < 4.78 is 16.9. The molecule has 20 heavy (non-hydrogen) atoms. The fourth-order valence-corrected chi connectivity index (χ4v) is 1.87. The second-order valence-corrected chi connectivity index (χ2v) is 5.83. The first kappa shape index (κ1) is 14.9. The predicted octanol–water partition coefficient (Wildman–Crippen LogP) is 2.32. The van der Waals surface area contributed by atoms with Crippen molar-refractivity contribution >= 4 is 19.0 Å². The molecule has 0 bridgehead atoms. The van der Waals surface area contributed by atoms with E-state index in [1.807, 2.05) is 45.8 Å². The molecular formula is C14H21BN2O3. The zero-order chi connectivity index (χ0) is 15.0. The van der Waals surface area contributed by atoms with Gasteiger partial charge in [0.05, 0.1) is 24.5 Å². The van der Waals surface area contributed by atoms with Crippen LogP contribution in [0.2, 0.25) is 0 Å². The van der Waals surface area contributed by atoms with Crippen LogP contribution in [0, 0.1) is 0 Å². The lowest BCUT2D eigenvalue weighted by atomic mass is 9.89. The van der Waals surface area contributed by atoms with E-state index in [4.69, 9.17) is 19.8 Å². The summed E-state index contributed by atoms with van der Waals surface area (Å²) in [5.41, 5.74) is 5.92. The molecule has 0 spiro atoms. The Kier molecular flexibility index (Phi) is 3.80. The third kappa shape index (κ3) is 2.81. The summed E-state index contributed by atoms with van der Waals surface area (Å²) in [5.74, 6) is 2.94. The van der Waals surface area contributed by atoms with Crippen molar-refractivity contribution in [1.29, 1.82) is 0 Å². The summed E-state index contributed by atoms with van der Waals surface area (Å²) in [6, 6.07) is 1.82. The van der Waals surface area contributed by atoms with E-state index in [0.29, 0.717) is 11.6 Å². The van der Waals surface area contributed by atoms with Gasteiger partial charge in [0.25, 0.3) is 0 Å². The number of nitrogens with zero attached hydrogens (tertiary/aromatic N) is 1. The van der Waals surface area contributed by atoms with E-state index in [-0.39, 0.29) is 11.2 Å².